The largest absolute Gasteiger partial charge is 0.458 e. The molecule has 0 aliphatic carbocycles. The second-order valence-electron chi connectivity index (χ2n) is 13.2. The molecule has 0 aromatic heterocycles. The number of aliphatic hydroxyl groups excluding tert-OH is 1. The van der Waals surface area contributed by atoms with Gasteiger partial charge < -0.3 is 34.4 Å². The molecule has 2 heterocycles. The Balaban J connectivity index is 2.54. The van der Waals surface area contributed by atoms with Crippen LogP contribution < -0.4 is 0 Å². The Morgan fingerprint density at radius 3 is 2.20 bits per heavy atom. The molecule has 0 spiro atoms. The molecule has 0 saturated carbocycles. The number of nitrogens with zero attached hydrogens (tertiary/aromatic N) is 2. The van der Waals surface area contributed by atoms with Crippen LogP contribution in [0.25, 0.3) is 0 Å². The van der Waals surface area contributed by atoms with Crippen molar-refractivity contribution in [3.05, 3.63) is 0 Å². The second kappa shape index (κ2) is 13.9. The molecule has 12 atom stereocenters. The summed E-state index contributed by atoms with van der Waals surface area (Å²) in [6.45, 7) is 13.5. The van der Waals surface area contributed by atoms with E-state index in [1.807, 2.05) is 32.8 Å². The van der Waals surface area contributed by atoms with Gasteiger partial charge in [-0.3, -0.25) is 19.3 Å². The number of cyclic esters (lactones) is 1. The van der Waals surface area contributed by atoms with Gasteiger partial charge in [0.05, 0.1) is 23.9 Å². The quantitative estimate of drug-likeness (QED) is 0.324. The third-order valence-electron chi connectivity index (χ3n) is 9.01. The van der Waals surface area contributed by atoms with E-state index in [2.05, 4.69) is 0 Å². The van der Waals surface area contributed by atoms with Crippen LogP contribution in [0.2, 0.25) is 0 Å². The zero-order valence-electron chi connectivity index (χ0n) is 26.8. The predicted octanol–water partition coefficient (Wildman–Crippen LogP) is 1.39. The van der Waals surface area contributed by atoms with Crippen LogP contribution in [0, 0.1) is 17.8 Å². The molecular weight excluding hydrogens is 532 g/mol. The molecule has 11 heteroatoms. The number of esters is 1. The lowest BCUT2D eigenvalue weighted by atomic mass is 9.78. The summed E-state index contributed by atoms with van der Waals surface area (Å²) in [4.78, 5) is 44.0. The van der Waals surface area contributed by atoms with E-state index in [-0.39, 0.29) is 30.9 Å². The van der Waals surface area contributed by atoms with Crippen molar-refractivity contribution in [3.8, 4) is 0 Å². The monoisotopic (exact) mass is 586 g/mol. The Labute approximate surface area is 245 Å². The normalized spacial score (nSPS) is 44.8. The summed E-state index contributed by atoms with van der Waals surface area (Å²) >= 11 is 0. The molecule has 0 aromatic carbocycles. The average Bonchev–Trinajstić information content (AvgIpc) is 2.87. The van der Waals surface area contributed by atoms with Gasteiger partial charge in [-0.15, -0.1) is 0 Å². The van der Waals surface area contributed by atoms with E-state index in [0.29, 0.717) is 13.0 Å². The molecule has 0 aromatic rings. The molecule has 238 valence electrons. The SMILES string of the molecule is CC[C@H]1OC(=O)[C@H](C)C(=O)[C@H](C)[C@@H](O[C@@H]2O[C@H](C)CC(N(C)C)[C@H]2O)[C@](C)(O)C[C@@H](C)CN(C)[C@H](C)C(=O)[C@]1(C)O. The highest BCUT2D eigenvalue weighted by Crippen LogP contribution is 2.35. The Hall–Kier alpha value is -1.47. The van der Waals surface area contributed by atoms with Crippen LogP contribution in [0.3, 0.4) is 0 Å². The minimum absolute atomic E-state index is 0.163. The van der Waals surface area contributed by atoms with Crippen LogP contribution in [0.15, 0.2) is 0 Å². The van der Waals surface area contributed by atoms with Crippen LogP contribution in [0.4, 0.5) is 0 Å². The van der Waals surface area contributed by atoms with Crippen molar-refractivity contribution in [3.63, 3.8) is 0 Å². The molecule has 3 N–H and O–H groups in total. The molecular formula is C30H54N2O9. The summed E-state index contributed by atoms with van der Waals surface area (Å²) in [6.07, 6.45) is -3.77. The smallest absolute Gasteiger partial charge is 0.316 e. The molecule has 2 aliphatic heterocycles. The lowest BCUT2D eigenvalue weighted by molar-refractivity contribution is -0.293. The summed E-state index contributed by atoms with van der Waals surface area (Å²) in [5.41, 5.74) is -3.55. The van der Waals surface area contributed by atoms with E-state index in [1.54, 1.807) is 39.6 Å². The first-order valence-corrected chi connectivity index (χ1v) is 14.8. The average molecular weight is 587 g/mol. The van der Waals surface area contributed by atoms with Crippen molar-refractivity contribution >= 4 is 17.5 Å². The fourth-order valence-corrected chi connectivity index (χ4v) is 6.42. The van der Waals surface area contributed by atoms with Crippen LogP contribution >= 0.6 is 0 Å². The molecule has 11 nitrogen and oxygen atoms in total. The number of carbonyl (C=O) groups excluding carboxylic acids is 3. The predicted molar refractivity (Wildman–Crippen MR) is 153 cm³/mol. The summed E-state index contributed by atoms with van der Waals surface area (Å²) in [5.74, 6) is -4.34. The van der Waals surface area contributed by atoms with Gasteiger partial charge in [0.2, 0.25) is 0 Å². The van der Waals surface area contributed by atoms with Crippen molar-refractivity contribution in [2.75, 3.05) is 27.7 Å². The number of likely N-dealkylation sites (N-methyl/N-ethyl adjacent to an activating group) is 2. The molecule has 2 rings (SSSR count). The Bertz CT molecular complexity index is 924. The zero-order chi connectivity index (χ0) is 31.6. The molecule has 2 saturated heterocycles. The third kappa shape index (κ3) is 8.13. The summed E-state index contributed by atoms with van der Waals surface area (Å²) in [5, 5.41) is 34.2. The van der Waals surface area contributed by atoms with Crippen molar-refractivity contribution in [1.82, 2.24) is 9.80 Å². The Morgan fingerprint density at radius 2 is 1.66 bits per heavy atom. The van der Waals surface area contributed by atoms with Gasteiger partial charge in [-0.05, 0) is 80.9 Å². The van der Waals surface area contributed by atoms with Gasteiger partial charge >= 0.3 is 5.97 Å². The van der Waals surface area contributed by atoms with Crippen LogP contribution in [0.5, 0.6) is 0 Å². The highest BCUT2D eigenvalue weighted by molar-refractivity contribution is 6.00. The lowest BCUT2D eigenvalue weighted by Gasteiger charge is -2.45. The second-order valence-corrected chi connectivity index (χ2v) is 13.2. The minimum atomic E-state index is -1.97. The number of aliphatic hydroxyl groups is 3. The van der Waals surface area contributed by atoms with Gasteiger partial charge in [0, 0.05) is 18.5 Å². The molecule has 41 heavy (non-hydrogen) atoms. The molecule has 1 unspecified atom stereocenters. The lowest BCUT2D eigenvalue weighted by Crippen LogP contribution is -2.58. The minimum Gasteiger partial charge on any atom is -0.458 e. The number of ketones is 2. The number of ether oxygens (including phenoxy) is 3. The fraction of sp³-hybridized carbons (Fsp3) is 0.900. The maximum Gasteiger partial charge on any atom is 0.316 e. The van der Waals surface area contributed by atoms with Crippen molar-refractivity contribution < 1.29 is 43.9 Å². The standard InChI is InChI=1S/C30H54N2O9/c1-12-22-30(8,38)25(35)20(6)32(11)15-16(2)14-29(7,37)26(18(4)23(33)19(5)27(36)40-22)41-28-24(34)21(31(9)10)13-17(3)39-28/h16-22,24,26,28,34,37-38H,12-15H2,1-11H3/t16-,17-,18+,19-,20-,21?,22-,24-,26-,28+,29-,30-/m1/s1. The van der Waals surface area contributed by atoms with Gasteiger partial charge in [-0.1, -0.05) is 20.8 Å². The molecule has 0 bridgehead atoms. The zero-order valence-corrected chi connectivity index (χ0v) is 26.8. The third-order valence-corrected chi connectivity index (χ3v) is 9.01. The number of Topliss-reactive ketones (excluding diaryl/α,β-unsaturated/α-hetero) is 2. The van der Waals surface area contributed by atoms with Gasteiger partial charge in [-0.25, -0.2) is 0 Å². The number of rotatable bonds is 4. The summed E-state index contributed by atoms with van der Waals surface area (Å²) in [6, 6.07) is -0.975. The first-order valence-electron chi connectivity index (χ1n) is 14.8. The number of hydrogen-bond donors (Lipinski definition) is 3. The first-order chi connectivity index (χ1) is 18.8. The van der Waals surface area contributed by atoms with Gasteiger partial charge in [0.15, 0.2) is 23.5 Å². The van der Waals surface area contributed by atoms with E-state index in [0.717, 1.165) is 0 Å². The molecule has 2 aliphatic rings. The van der Waals surface area contributed by atoms with E-state index < -0.39 is 71.2 Å². The van der Waals surface area contributed by atoms with Crippen molar-refractivity contribution in [2.24, 2.45) is 17.8 Å². The van der Waals surface area contributed by atoms with Gasteiger partial charge in [0.25, 0.3) is 0 Å². The van der Waals surface area contributed by atoms with E-state index in [4.69, 9.17) is 14.2 Å². The van der Waals surface area contributed by atoms with Crippen molar-refractivity contribution in [2.45, 2.75) is 129 Å². The molecule has 0 amide bonds. The number of hydrogen-bond acceptors (Lipinski definition) is 11. The molecule has 2 fully saturated rings. The van der Waals surface area contributed by atoms with Gasteiger partial charge in [-0.2, -0.15) is 0 Å². The van der Waals surface area contributed by atoms with Crippen LogP contribution in [-0.2, 0) is 28.6 Å². The fourth-order valence-electron chi connectivity index (χ4n) is 6.42. The topological polar surface area (TPSA) is 146 Å². The summed E-state index contributed by atoms with van der Waals surface area (Å²) < 4.78 is 17.9. The van der Waals surface area contributed by atoms with Crippen molar-refractivity contribution in [1.29, 1.82) is 0 Å². The maximum atomic E-state index is 13.7. The van der Waals surface area contributed by atoms with Crippen LogP contribution in [-0.4, -0.2) is 124 Å². The first kappa shape index (κ1) is 35.7. The highest BCUT2D eigenvalue weighted by atomic mass is 16.7. The Kier molecular flexibility index (Phi) is 12.1. The summed E-state index contributed by atoms with van der Waals surface area (Å²) in [7, 11) is 5.47. The molecule has 0 radical (unpaired) electrons. The maximum absolute atomic E-state index is 13.7. The van der Waals surface area contributed by atoms with E-state index >= 15 is 0 Å². The van der Waals surface area contributed by atoms with Gasteiger partial charge in [0.1, 0.15) is 18.1 Å². The number of carbonyl (C=O) groups is 3. The highest BCUT2D eigenvalue weighted by Gasteiger charge is 2.49. The van der Waals surface area contributed by atoms with E-state index in [1.165, 1.54) is 13.8 Å². The van der Waals surface area contributed by atoms with E-state index in [9.17, 15) is 29.7 Å². The van der Waals surface area contributed by atoms with Crippen LogP contribution in [0.1, 0.15) is 74.7 Å². The Morgan fingerprint density at radius 1 is 1.07 bits per heavy atom.